The van der Waals surface area contributed by atoms with E-state index in [1.165, 1.54) is 0 Å². The molecule has 8 rings (SSSR count). The van der Waals surface area contributed by atoms with Crippen LogP contribution in [0.2, 0.25) is 0 Å². The van der Waals surface area contributed by atoms with E-state index in [9.17, 15) is 19.2 Å². The molecule has 4 fully saturated rings. The molecule has 6 aliphatic rings. The van der Waals surface area contributed by atoms with Crippen LogP contribution in [0.1, 0.15) is 108 Å². The lowest BCUT2D eigenvalue weighted by atomic mass is 9.83. The van der Waals surface area contributed by atoms with Crippen LogP contribution in [0.25, 0.3) is 0 Å². The average Bonchev–Trinajstić information content (AvgIpc) is 4.00. The maximum absolute atomic E-state index is 14.6. The summed E-state index contributed by atoms with van der Waals surface area (Å²) in [6.45, 7) is 14.4. The van der Waals surface area contributed by atoms with Gasteiger partial charge in [-0.1, -0.05) is 113 Å². The van der Waals surface area contributed by atoms with Crippen LogP contribution in [-0.4, -0.2) is 141 Å². The van der Waals surface area contributed by atoms with Crippen molar-refractivity contribution in [3.63, 3.8) is 0 Å². The first-order valence-electron chi connectivity index (χ1n) is 25.6. The minimum atomic E-state index is -0.689. The number of nitrogens with zero attached hydrogens (tertiary/aromatic N) is 2. The molecule has 0 aromatic heterocycles. The Bertz CT molecular complexity index is 2590. The second-order valence-corrected chi connectivity index (χ2v) is 25.4. The highest BCUT2D eigenvalue weighted by atomic mass is 32.2. The normalized spacial score (nSPS) is 29.1. The first kappa shape index (κ1) is 55.0. The largest absolute Gasteiger partial charge is 0.367 e. The van der Waals surface area contributed by atoms with Gasteiger partial charge in [0.15, 0.2) is 0 Å². The number of thioether (sulfide) groups is 2. The third kappa shape index (κ3) is 11.8. The number of amides is 4. The van der Waals surface area contributed by atoms with Gasteiger partial charge in [-0.05, 0) is 117 Å². The highest BCUT2D eigenvalue weighted by Crippen LogP contribution is 2.48. The minimum Gasteiger partial charge on any atom is -0.367 e. The van der Waals surface area contributed by atoms with E-state index in [1.54, 1.807) is 23.5 Å². The second-order valence-electron chi connectivity index (χ2n) is 22.0. The van der Waals surface area contributed by atoms with Crippen LogP contribution in [0.4, 0.5) is 0 Å². The molecule has 4 saturated heterocycles. The fourth-order valence-electron chi connectivity index (χ4n) is 11.3. The number of ether oxygens (including phenoxy) is 2. The molecule has 6 N–H and O–H groups in total. The van der Waals surface area contributed by atoms with Crippen molar-refractivity contribution in [3.8, 4) is 23.7 Å². The molecule has 4 heterocycles. The van der Waals surface area contributed by atoms with Crippen LogP contribution in [0.3, 0.4) is 0 Å². The molecule has 4 amide bonds. The number of likely N-dealkylation sites (N-methyl/N-ethyl adjacent to an activating group) is 2. The number of nitrogens with one attached hydrogen (secondary N) is 6. The maximum atomic E-state index is 14.6. The smallest absolute Gasteiger partial charge is 0.246 e. The molecule has 2 aliphatic carbocycles. The molecule has 1 unspecified atom stereocenters. The zero-order valence-electron chi connectivity index (χ0n) is 43.5. The van der Waals surface area contributed by atoms with Crippen molar-refractivity contribution in [2.75, 3.05) is 38.8 Å². The van der Waals surface area contributed by atoms with Gasteiger partial charge in [0.2, 0.25) is 23.6 Å². The maximum Gasteiger partial charge on any atom is 0.246 e. The zero-order valence-corrected chi connectivity index (χ0v) is 46.8. The van der Waals surface area contributed by atoms with Gasteiger partial charge in [0, 0.05) is 12.8 Å². The average molecular weight is 1070 g/mol. The SMILES string of the molecule is CN[C@@H](C)C(=S)N[C@H]1CCS[C@H]2CC(C)(C)[C@@H](C(=O)NC3c4ccccc4C[C@H]3OCC#CC#CCO[C@@H]3Cc4ccccc4[C@@H]3NC(=O)[C@H]3N4C(=O)[C@@H](NC(=S)C(C)(C)NC)CCS[C@H]4CC3(C)C)N2C1=O. The Morgan fingerprint density at radius 1 is 0.726 bits per heavy atom. The molecule has 73 heavy (non-hydrogen) atoms. The Hall–Kier alpha value is -4.24. The summed E-state index contributed by atoms with van der Waals surface area (Å²) in [6.07, 6.45) is 3.07. The lowest BCUT2D eigenvalue weighted by molar-refractivity contribution is -0.143. The van der Waals surface area contributed by atoms with Gasteiger partial charge in [-0.3, -0.25) is 19.2 Å². The molecule has 0 spiro atoms. The number of thiocarbonyl (C=S) groups is 2. The second kappa shape index (κ2) is 22.9. The first-order chi connectivity index (χ1) is 34.8. The van der Waals surface area contributed by atoms with E-state index in [2.05, 4.69) is 95.4 Å². The molecule has 4 aliphatic heterocycles. The highest BCUT2D eigenvalue weighted by molar-refractivity contribution is 8.00. The summed E-state index contributed by atoms with van der Waals surface area (Å²) in [7, 11) is 3.68. The Kier molecular flexibility index (Phi) is 17.3. The molecular weight excluding hydrogens is 997 g/mol. The van der Waals surface area contributed by atoms with Gasteiger partial charge in [0.25, 0.3) is 0 Å². The third-order valence-corrected chi connectivity index (χ3v) is 19.3. The monoisotopic (exact) mass is 1070 g/mol. The Morgan fingerprint density at radius 2 is 1.16 bits per heavy atom. The zero-order chi connectivity index (χ0) is 52.4. The Labute approximate surface area is 451 Å². The number of rotatable bonds is 14. The van der Waals surface area contributed by atoms with E-state index < -0.39 is 52.6 Å². The highest BCUT2D eigenvalue weighted by Gasteiger charge is 2.57. The predicted octanol–water partition coefficient (Wildman–Crippen LogP) is 4.95. The topological polar surface area (TPSA) is 165 Å². The first-order valence-corrected chi connectivity index (χ1v) is 28.5. The van der Waals surface area contributed by atoms with Gasteiger partial charge in [-0.15, -0.1) is 23.5 Å². The standard InChI is InChI=1S/C55H72N8O6S4/c1-32(56-8)49(70)58-37-22-26-72-41-30-53(2,3)45(62(41)50(37)66)47(64)60-43-35-20-14-12-18-33(35)28-39(43)68-24-16-10-11-17-25-69-40-29-34-19-13-15-21-36(34)44(40)61-48(65)46-54(4,5)31-42-63(46)51(67)38(23-27-73-42)59-52(71)55(6,7)57-9/h12-15,18-21,32,37-46,56-57H,22-31H2,1-9H3,(H,58,70)(H,59,71)(H,60,64)(H,61,65)/t32-,37-,38-,39+,40+,41-,42-,43?,44-,45+,46+/m0/s1. The van der Waals surface area contributed by atoms with Crippen LogP contribution in [0, 0.1) is 34.5 Å². The van der Waals surface area contributed by atoms with Gasteiger partial charge in [-0.2, -0.15) is 0 Å². The van der Waals surface area contributed by atoms with Crippen LogP contribution in [0.15, 0.2) is 48.5 Å². The van der Waals surface area contributed by atoms with Gasteiger partial charge < -0.3 is 51.2 Å². The number of hydrogen-bond acceptors (Lipinski definition) is 12. The van der Waals surface area contributed by atoms with Crippen molar-refractivity contribution in [3.05, 3.63) is 70.8 Å². The number of benzene rings is 2. The Balaban J connectivity index is 0.890. The van der Waals surface area contributed by atoms with Gasteiger partial charge in [-0.25, -0.2) is 0 Å². The lowest BCUT2D eigenvalue weighted by Crippen LogP contribution is -2.59. The molecule has 0 radical (unpaired) electrons. The number of hydrogen-bond donors (Lipinski definition) is 6. The Morgan fingerprint density at radius 3 is 1.60 bits per heavy atom. The van der Waals surface area contributed by atoms with E-state index in [0.29, 0.717) is 48.5 Å². The van der Waals surface area contributed by atoms with E-state index in [4.69, 9.17) is 33.9 Å². The van der Waals surface area contributed by atoms with Crippen LogP contribution in [-0.2, 0) is 41.5 Å². The van der Waals surface area contributed by atoms with Crippen LogP contribution < -0.4 is 31.9 Å². The van der Waals surface area contributed by atoms with Gasteiger partial charge in [0.1, 0.15) is 37.4 Å². The van der Waals surface area contributed by atoms with Crippen LogP contribution >= 0.6 is 48.0 Å². The summed E-state index contributed by atoms with van der Waals surface area (Å²) in [6, 6.07) is 12.7. The van der Waals surface area contributed by atoms with E-state index in [-0.39, 0.29) is 65.8 Å². The quantitative estimate of drug-likeness (QED) is 0.111. The molecule has 2 aromatic carbocycles. The summed E-state index contributed by atoms with van der Waals surface area (Å²) < 4.78 is 12.8. The van der Waals surface area contributed by atoms with Crippen molar-refractivity contribution in [2.45, 2.75) is 158 Å². The minimum absolute atomic E-state index is 0.0933. The number of carbonyl (C=O) groups is 4. The summed E-state index contributed by atoms with van der Waals surface area (Å²) in [5.74, 6) is 12.8. The molecule has 14 nitrogen and oxygen atoms in total. The fourth-order valence-corrected chi connectivity index (χ4v) is 14.9. The lowest BCUT2D eigenvalue weighted by Gasteiger charge is -2.36. The molecule has 0 saturated carbocycles. The predicted molar refractivity (Wildman–Crippen MR) is 298 cm³/mol. The van der Waals surface area contributed by atoms with Crippen molar-refractivity contribution in [1.29, 1.82) is 0 Å². The molecular formula is C55H72N8O6S4. The van der Waals surface area contributed by atoms with Crippen molar-refractivity contribution in [1.82, 2.24) is 41.7 Å². The fraction of sp³-hybridized carbons (Fsp3) is 0.600. The van der Waals surface area contributed by atoms with Crippen molar-refractivity contribution in [2.24, 2.45) is 10.8 Å². The van der Waals surface area contributed by atoms with E-state index in [0.717, 1.165) is 33.8 Å². The third-order valence-electron chi connectivity index (χ3n) is 15.7. The van der Waals surface area contributed by atoms with E-state index in [1.807, 2.05) is 81.1 Å². The summed E-state index contributed by atoms with van der Waals surface area (Å²) in [5, 5.41) is 19.4. The van der Waals surface area contributed by atoms with E-state index >= 15 is 0 Å². The molecule has 392 valence electrons. The molecule has 2 aromatic rings. The number of carbonyl (C=O) groups excluding carboxylic acids is 4. The summed E-state index contributed by atoms with van der Waals surface area (Å²) in [4.78, 5) is 62.7. The van der Waals surface area contributed by atoms with Crippen molar-refractivity contribution >= 4 is 81.6 Å². The summed E-state index contributed by atoms with van der Waals surface area (Å²) in [5.41, 5.74) is 2.72. The molecule has 18 heteroatoms. The number of fused-ring (bicyclic) bond motifs is 4. The van der Waals surface area contributed by atoms with Gasteiger partial charge >= 0.3 is 0 Å². The van der Waals surface area contributed by atoms with Crippen LogP contribution in [0.5, 0.6) is 0 Å². The van der Waals surface area contributed by atoms with Crippen molar-refractivity contribution < 1.29 is 28.7 Å². The summed E-state index contributed by atoms with van der Waals surface area (Å²) >= 11 is 14.8. The molecule has 11 atom stereocenters. The molecule has 0 bridgehead atoms. The van der Waals surface area contributed by atoms with Gasteiger partial charge in [0.05, 0.1) is 56.6 Å².